The molecule has 1 N–H and O–H groups in total. The van der Waals surface area contributed by atoms with E-state index in [0.29, 0.717) is 11.3 Å². The highest BCUT2D eigenvalue weighted by atomic mass is 16.5. The van der Waals surface area contributed by atoms with Crippen LogP contribution in [0.2, 0.25) is 0 Å². The van der Waals surface area contributed by atoms with Gasteiger partial charge in [-0.15, -0.1) is 0 Å². The van der Waals surface area contributed by atoms with E-state index in [4.69, 9.17) is 4.74 Å². The molecule has 1 aromatic carbocycles. The number of amides is 1. The van der Waals surface area contributed by atoms with Crippen LogP contribution in [-0.2, 0) is 4.79 Å². The molecule has 1 amide bonds. The zero-order chi connectivity index (χ0) is 11.3. The summed E-state index contributed by atoms with van der Waals surface area (Å²) in [6.07, 6.45) is 0. The van der Waals surface area contributed by atoms with Gasteiger partial charge in [0, 0.05) is 14.0 Å². The Hall–Kier alpha value is -1.84. The van der Waals surface area contributed by atoms with E-state index in [0.717, 1.165) is 0 Å². The van der Waals surface area contributed by atoms with E-state index in [9.17, 15) is 9.59 Å². The van der Waals surface area contributed by atoms with Gasteiger partial charge in [0.25, 0.3) is 5.91 Å². The molecule has 79 valence electrons. The number of carbonyl (C=O) groups excluding carboxylic acids is 2. The lowest BCUT2D eigenvalue weighted by molar-refractivity contribution is -0.122. The Bertz CT molecular complexity index is 374. The monoisotopic (exact) mass is 206 g/mol. The van der Waals surface area contributed by atoms with Crippen molar-refractivity contribution in [2.45, 2.75) is 0 Å². The van der Waals surface area contributed by atoms with Crippen LogP contribution < -0.4 is 10.1 Å². The van der Waals surface area contributed by atoms with Crippen molar-refractivity contribution in [1.29, 1.82) is 0 Å². The topological polar surface area (TPSA) is 55.4 Å². The van der Waals surface area contributed by atoms with E-state index in [1.54, 1.807) is 24.3 Å². The number of rotatable bonds is 4. The van der Waals surface area contributed by atoms with Gasteiger partial charge >= 0.3 is 0 Å². The van der Waals surface area contributed by atoms with Gasteiger partial charge in [-0.1, -0.05) is 12.1 Å². The Kier molecular flexibility index (Phi) is 3.85. The Morgan fingerprint density at radius 1 is 1.40 bits per heavy atom. The minimum atomic E-state index is -0.331. The number of likely N-dealkylation sites (N-methyl/N-ethyl adjacent to an activating group) is 1. The van der Waals surface area contributed by atoms with Crippen LogP contribution in [0, 0.1) is 6.92 Å². The van der Waals surface area contributed by atoms with Gasteiger partial charge in [0.15, 0.2) is 12.4 Å². The number of hydrogen-bond donors (Lipinski definition) is 1. The highest BCUT2D eigenvalue weighted by molar-refractivity contribution is 6.01. The average molecular weight is 206 g/mol. The van der Waals surface area contributed by atoms with Gasteiger partial charge in [-0.2, -0.15) is 0 Å². The van der Waals surface area contributed by atoms with Crippen LogP contribution in [0.4, 0.5) is 0 Å². The van der Waals surface area contributed by atoms with Crippen LogP contribution in [0.15, 0.2) is 24.3 Å². The van der Waals surface area contributed by atoms with Crippen molar-refractivity contribution in [3.05, 3.63) is 36.8 Å². The number of para-hydroxylation sites is 1. The third-order valence-corrected chi connectivity index (χ3v) is 1.83. The molecule has 0 atom stereocenters. The molecule has 1 aromatic rings. The lowest BCUT2D eigenvalue weighted by Crippen LogP contribution is -2.25. The van der Waals surface area contributed by atoms with Gasteiger partial charge < -0.3 is 10.1 Å². The SMILES string of the molecule is [CH2]C(=O)c1ccccc1OCC(=O)NC. The molecule has 0 aliphatic rings. The molecule has 1 rings (SSSR count). The highest BCUT2D eigenvalue weighted by Crippen LogP contribution is 2.17. The van der Waals surface area contributed by atoms with E-state index in [1.165, 1.54) is 7.05 Å². The normalized spacial score (nSPS) is 9.47. The standard InChI is InChI=1S/C11H12NO3/c1-8(13)9-5-3-4-6-10(9)15-7-11(14)12-2/h3-6H,1,7H2,2H3,(H,12,14). The Balaban J connectivity index is 2.76. The fourth-order valence-corrected chi connectivity index (χ4v) is 1.04. The molecule has 0 fully saturated rings. The molecular formula is C11H12NO3. The molecule has 0 bridgehead atoms. The summed E-state index contributed by atoms with van der Waals surface area (Å²) in [7, 11) is 1.52. The van der Waals surface area contributed by atoms with Crippen LogP contribution in [0.5, 0.6) is 5.75 Å². The van der Waals surface area contributed by atoms with E-state index in [1.807, 2.05) is 0 Å². The zero-order valence-corrected chi connectivity index (χ0v) is 8.45. The van der Waals surface area contributed by atoms with Crippen LogP contribution in [0.3, 0.4) is 0 Å². The van der Waals surface area contributed by atoms with Crippen molar-refractivity contribution < 1.29 is 14.3 Å². The van der Waals surface area contributed by atoms with Crippen molar-refractivity contribution in [2.75, 3.05) is 13.7 Å². The second kappa shape index (κ2) is 5.14. The Morgan fingerprint density at radius 2 is 2.07 bits per heavy atom. The van der Waals surface area contributed by atoms with Crippen molar-refractivity contribution in [3.8, 4) is 5.75 Å². The molecule has 15 heavy (non-hydrogen) atoms. The number of nitrogens with one attached hydrogen (secondary N) is 1. The molecule has 4 heteroatoms. The second-order valence-corrected chi connectivity index (χ2v) is 2.88. The van der Waals surface area contributed by atoms with Gasteiger partial charge in [-0.05, 0) is 12.1 Å². The summed E-state index contributed by atoms with van der Waals surface area (Å²) >= 11 is 0. The second-order valence-electron chi connectivity index (χ2n) is 2.88. The summed E-state index contributed by atoms with van der Waals surface area (Å²) in [6, 6.07) is 6.67. The number of carbonyl (C=O) groups is 2. The highest BCUT2D eigenvalue weighted by Gasteiger charge is 2.08. The first-order chi connectivity index (χ1) is 7.15. The van der Waals surface area contributed by atoms with Gasteiger partial charge in [0.05, 0.1) is 5.56 Å². The average Bonchev–Trinajstić information content (AvgIpc) is 2.26. The number of Topliss-reactive ketones (excluding diaryl/α,β-unsaturated/α-hetero) is 1. The summed E-state index contributed by atoms with van der Waals surface area (Å²) in [5.41, 5.74) is 0.376. The molecule has 0 aromatic heterocycles. The van der Waals surface area contributed by atoms with Crippen molar-refractivity contribution >= 4 is 11.7 Å². The van der Waals surface area contributed by atoms with Gasteiger partial charge in [0.1, 0.15) is 5.75 Å². The summed E-state index contributed by atoms with van der Waals surface area (Å²) in [5, 5.41) is 2.42. The van der Waals surface area contributed by atoms with E-state index < -0.39 is 0 Å². The quantitative estimate of drug-likeness (QED) is 0.742. The first-order valence-electron chi connectivity index (χ1n) is 4.44. The summed E-state index contributed by atoms with van der Waals surface area (Å²) in [6.45, 7) is 3.19. The van der Waals surface area contributed by atoms with Gasteiger partial charge in [-0.3, -0.25) is 9.59 Å². The maximum Gasteiger partial charge on any atom is 0.257 e. The zero-order valence-electron chi connectivity index (χ0n) is 8.45. The maximum absolute atomic E-state index is 11.1. The summed E-state index contributed by atoms with van der Waals surface area (Å²) in [4.78, 5) is 22.0. The van der Waals surface area contributed by atoms with Gasteiger partial charge in [-0.25, -0.2) is 0 Å². The smallest absolute Gasteiger partial charge is 0.257 e. The van der Waals surface area contributed by atoms with Gasteiger partial charge in [0.2, 0.25) is 0 Å². The van der Waals surface area contributed by atoms with Crippen molar-refractivity contribution in [3.63, 3.8) is 0 Å². The van der Waals surface area contributed by atoms with Crippen LogP contribution >= 0.6 is 0 Å². The summed E-state index contributed by atoms with van der Waals surface area (Å²) < 4.78 is 5.18. The minimum absolute atomic E-state index is 0.110. The molecule has 0 aliphatic heterocycles. The number of ketones is 1. The Morgan fingerprint density at radius 3 is 2.67 bits per heavy atom. The van der Waals surface area contributed by atoms with Crippen LogP contribution in [-0.4, -0.2) is 25.3 Å². The molecule has 4 nitrogen and oxygen atoms in total. The van der Waals surface area contributed by atoms with Crippen LogP contribution in [0.1, 0.15) is 10.4 Å². The molecule has 1 radical (unpaired) electrons. The predicted molar refractivity (Wildman–Crippen MR) is 55.7 cm³/mol. The minimum Gasteiger partial charge on any atom is -0.483 e. The molecular weight excluding hydrogens is 194 g/mol. The molecule has 0 spiro atoms. The molecule has 0 aliphatic carbocycles. The number of ether oxygens (including phenoxy) is 1. The molecule has 0 saturated heterocycles. The largest absolute Gasteiger partial charge is 0.483 e. The van der Waals surface area contributed by atoms with E-state index in [2.05, 4.69) is 12.2 Å². The van der Waals surface area contributed by atoms with Crippen molar-refractivity contribution in [2.24, 2.45) is 0 Å². The number of benzene rings is 1. The number of hydrogen-bond acceptors (Lipinski definition) is 3. The lowest BCUT2D eigenvalue weighted by atomic mass is 10.1. The third-order valence-electron chi connectivity index (χ3n) is 1.83. The predicted octanol–water partition coefficient (Wildman–Crippen LogP) is 0.828. The summed E-state index contributed by atoms with van der Waals surface area (Å²) in [5.74, 6) is -0.204. The van der Waals surface area contributed by atoms with Crippen molar-refractivity contribution in [1.82, 2.24) is 5.32 Å². The Labute approximate surface area is 88.2 Å². The molecule has 0 saturated carbocycles. The van der Waals surface area contributed by atoms with Crippen LogP contribution in [0.25, 0.3) is 0 Å². The third kappa shape index (κ3) is 3.09. The van der Waals surface area contributed by atoms with E-state index in [-0.39, 0.29) is 18.3 Å². The first kappa shape index (κ1) is 11.2. The molecule has 0 unspecified atom stereocenters. The molecule has 0 heterocycles. The first-order valence-corrected chi connectivity index (χ1v) is 4.44. The lowest BCUT2D eigenvalue weighted by Gasteiger charge is -2.08. The van der Waals surface area contributed by atoms with E-state index >= 15 is 0 Å². The fourth-order valence-electron chi connectivity index (χ4n) is 1.04. The maximum atomic E-state index is 11.1. The fraction of sp³-hybridized carbons (Fsp3) is 0.182.